The number of furan rings is 1. The maximum Gasteiger partial charge on any atom is 0.286 e. The zero-order valence-electron chi connectivity index (χ0n) is 15.2. The van der Waals surface area contributed by atoms with E-state index in [9.17, 15) is 9.59 Å². The molecule has 5 heteroatoms. The Balaban J connectivity index is 1.49. The molecule has 1 saturated carbocycles. The molecule has 26 heavy (non-hydrogen) atoms. The Morgan fingerprint density at radius 3 is 2.62 bits per heavy atom. The summed E-state index contributed by atoms with van der Waals surface area (Å²) in [5.41, 5.74) is 1.15. The number of hydrogen-bond acceptors (Lipinski definition) is 3. The average molecular weight is 354 g/mol. The lowest BCUT2D eigenvalue weighted by atomic mass is 10.1. The van der Waals surface area contributed by atoms with Gasteiger partial charge in [-0.15, -0.1) is 0 Å². The molecule has 2 aromatic rings. The Bertz CT molecular complexity index is 708. The molecule has 1 aliphatic carbocycles. The number of carbonyl (C=O) groups excluding carboxylic acids is 2. The third-order valence-electron chi connectivity index (χ3n) is 4.91. The van der Waals surface area contributed by atoms with Crippen molar-refractivity contribution in [2.45, 2.75) is 45.2 Å². The minimum Gasteiger partial charge on any atom is -0.459 e. The highest BCUT2D eigenvalue weighted by molar-refractivity contribution is 5.91. The van der Waals surface area contributed by atoms with Gasteiger partial charge in [0.1, 0.15) is 0 Å². The summed E-state index contributed by atoms with van der Waals surface area (Å²) in [5.74, 6) is 0.834. The van der Waals surface area contributed by atoms with E-state index in [4.69, 9.17) is 4.42 Å². The predicted octanol–water partition coefficient (Wildman–Crippen LogP) is 3.62. The first kappa shape index (κ1) is 18.2. The summed E-state index contributed by atoms with van der Waals surface area (Å²) in [6.45, 7) is 3.26. The van der Waals surface area contributed by atoms with Crippen LogP contribution in [-0.2, 0) is 11.3 Å². The van der Waals surface area contributed by atoms with Crippen LogP contribution >= 0.6 is 0 Å². The number of amides is 2. The molecule has 2 amide bonds. The van der Waals surface area contributed by atoms with E-state index in [0.717, 1.165) is 5.56 Å². The first-order valence-electron chi connectivity index (χ1n) is 9.30. The molecule has 0 spiro atoms. The predicted molar refractivity (Wildman–Crippen MR) is 99.5 cm³/mol. The van der Waals surface area contributed by atoms with E-state index in [0.29, 0.717) is 37.6 Å². The largest absolute Gasteiger partial charge is 0.459 e. The standard InChI is InChI=1S/C21H26N2O3/c1-16(18-11-12-18)23(15-17-7-3-2-4-8-17)20(24)10-5-13-22-21(25)19-9-6-14-26-19/h2-4,6-9,14,16,18H,5,10-13,15H2,1H3,(H,22,25). The SMILES string of the molecule is CC(C1CC1)N(Cc1ccccc1)C(=O)CCCNC(=O)c1ccco1. The van der Waals surface area contributed by atoms with Crippen molar-refractivity contribution in [3.8, 4) is 0 Å². The molecular weight excluding hydrogens is 328 g/mol. The van der Waals surface area contributed by atoms with Crippen LogP contribution in [0.2, 0.25) is 0 Å². The van der Waals surface area contributed by atoms with E-state index >= 15 is 0 Å². The summed E-state index contributed by atoms with van der Waals surface area (Å²) in [7, 11) is 0. The summed E-state index contributed by atoms with van der Waals surface area (Å²) in [4.78, 5) is 26.6. The fourth-order valence-corrected chi connectivity index (χ4v) is 3.15. The van der Waals surface area contributed by atoms with Gasteiger partial charge in [0.05, 0.1) is 6.26 Å². The third kappa shape index (κ3) is 4.97. The molecule has 0 saturated heterocycles. The number of rotatable bonds is 9. The number of hydrogen-bond donors (Lipinski definition) is 1. The zero-order chi connectivity index (χ0) is 18.4. The van der Waals surface area contributed by atoms with Gasteiger partial charge in [-0.1, -0.05) is 30.3 Å². The van der Waals surface area contributed by atoms with Crippen LogP contribution in [-0.4, -0.2) is 29.3 Å². The molecule has 1 aromatic carbocycles. The molecule has 1 unspecified atom stereocenters. The van der Waals surface area contributed by atoms with Crippen molar-refractivity contribution in [2.24, 2.45) is 5.92 Å². The monoisotopic (exact) mass is 354 g/mol. The lowest BCUT2D eigenvalue weighted by Gasteiger charge is -2.30. The molecule has 3 rings (SSSR count). The minimum atomic E-state index is -0.241. The molecule has 0 bridgehead atoms. The fraction of sp³-hybridized carbons (Fsp3) is 0.429. The van der Waals surface area contributed by atoms with Crippen LogP contribution in [0.5, 0.6) is 0 Å². The first-order chi connectivity index (χ1) is 12.6. The molecule has 5 nitrogen and oxygen atoms in total. The summed E-state index contributed by atoms with van der Waals surface area (Å²) < 4.78 is 5.06. The van der Waals surface area contributed by atoms with Crippen molar-refractivity contribution >= 4 is 11.8 Å². The topological polar surface area (TPSA) is 62.6 Å². The van der Waals surface area contributed by atoms with Gasteiger partial charge >= 0.3 is 0 Å². The fourth-order valence-electron chi connectivity index (χ4n) is 3.15. The second-order valence-electron chi connectivity index (χ2n) is 6.92. The first-order valence-corrected chi connectivity index (χ1v) is 9.30. The number of nitrogens with zero attached hydrogens (tertiary/aromatic N) is 1. The van der Waals surface area contributed by atoms with Gasteiger partial charge in [-0.25, -0.2) is 0 Å². The van der Waals surface area contributed by atoms with Crippen LogP contribution in [0.1, 0.15) is 48.7 Å². The second kappa shape index (κ2) is 8.70. The highest BCUT2D eigenvalue weighted by Crippen LogP contribution is 2.36. The molecule has 1 atom stereocenters. The maximum absolute atomic E-state index is 12.8. The van der Waals surface area contributed by atoms with E-state index in [1.54, 1.807) is 12.1 Å². The van der Waals surface area contributed by atoms with Gasteiger partial charge in [0.25, 0.3) is 5.91 Å². The maximum atomic E-state index is 12.8. The Morgan fingerprint density at radius 1 is 1.19 bits per heavy atom. The number of carbonyl (C=O) groups is 2. The van der Waals surface area contributed by atoms with Crippen LogP contribution in [0.15, 0.2) is 53.1 Å². The molecule has 1 aliphatic rings. The lowest BCUT2D eigenvalue weighted by molar-refractivity contribution is -0.134. The Hall–Kier alpha value is -2.56. The van der Waals surface area contributed by atoms with Crippen molar-refractivity contribution in [3.05, 3.63) is 60.1 Å². The van der Waals surface area contributed by atoms with E-state index < -0.39 is 0 Å². The van der Waals surface area contributed by atoms with Crippen LogP contribution in [0, 0.1) is 5.92 Å². The van der Waals surface area contributed by atoms with Crippen molar-refractivity contribution < 1.29 is 14.0 Å². The molecule has 0 radical (unpaired) electrons. The second-order valence-corrected chi connectivity index (χ2v) is 6.92. The molecule has 138 valence electrons. The van der Waals surface area contributed by atoms with Crippen molar-refractivity contribution in [1.82, 2.24) is 10.2 Å². The minimum absolute atomic E-state index is 0.153. The molecule has 0 aliphatic heterocycles. The van der Waals surface area contributed by atoms with E-state index in [1.807, 2.05) is 23.1 Å². The quantitative estimate of drug-likeness (QED) is 0.700. The van der Waals surface area contributed by atoms with Crippen LogP contribution in [0.3, 0.4) is 0 Å². The zero-order valence-corrected chi connectivity index (χ0v) is 15.2. The van der Waals surface area contributed by atoms with Crippen molar-refractivity contribution in [1.29, 1.82) is 0 Å². The Morgan fingerprint density at radius 2 is 1.96 bits per heavy atom. The van der Waals surface area contributed by atoms with E-state index in [1.165, 1.54) is 19.1 Å². The Kier molecular flexibility index (Phi) is 6.10. The van der Waals surface area contributed by atoms with Gasteiger partial charge in [0.2, 0.25) is 5.91 Å². The van der Waals surface area contributed by atoms with Gasteiger partial charge in [-0.05, 0) is 49.8 Å². The molecular formula is C21H26N2O3. The van der Waals surface area contributed by atoms with Gasteiger partial charge < -0.3 is 14.6 Å². The van der Waals surface area contributed by atoms with E-state index in [-0.39, 0.29) is 17.9 Å². The summed E-state index contributed by atoms with van der Waals surface area (Å²) in [6.07, 6.45) is 4.94. The molecule has 1 N–H and O–H groups in total. The normalized spacial score (nSPS) is 14.7. The molecule has 1 aromatic heterocycles. The average Bonchev–Trinajstić information content (AvgIpc) is 3.37. The smallest absolute Gasteiger partial charge is 0.286 e. The van der Waals surface area contributed by atoms with Gasteiger partial charge in [-0.3, -0.25) is 9.59 Å². The third-order valence-corrected chi connectivity index (χ3v) is 4.91. The molecule has 1 fully saturated rings. The van der Waals surface area contributed by atoms with Crippen LogP contribution in [0.4, 0.5) is 0 Å². The number of nitrogens with one attached hydrogen (secondary N) is 1. The summed E-state index contributed by atoms with van der Waals surface area (Å²) in [6, 6.07) is 13.7. The summed E-state index contributed by atoms with van der Waals surface area (Å²) >= 11 is 0. The van der Waals surface area contributed by atoms with Crippen molar-refractivity contribution in [2.75, 3.05) is 6.54 Å². The van der Waals surface area contributed by atoms with E-state index in [2.05, 4.69) is 24.4 Å². The van der Waals surface area contributed by atoms with Crippen LogP contribution in [0.25, 0.3) is 0 Å². The molecule has 1 heterocycles. The Labute approximate surface area is 154 Å². The van der Waals surface area contributed by atoms with Crippen LogP contribution < -0.4 is 5.32 Å². The highest BCUT2D eigenvalue weighted by Gasteiger charge is 2.34. The number of benzene rings is 1. The van der Waals surface area contributed by atoms with Gasteiger partial charge in [-0.2, -0.15) is 0 Å². The van der Waals surface area contributed by atoms with Crippen molar-refractivity contribution in [3.63, 3.8) is 0 Å². The lowest BCUT2D eigenvalue weighted by Crippen LogP contribution is -2.39. The van der Waals surface area contributed by atoms with Gasteiger partial charge in [0.15, 0.2) is 5.76 Å². The summed E-state index contributed by atoms with van der Waals surface area (Å²) in [5, 5.41) is 2.79. The van der Waals surface area contributed by atoms with Gasteiger partial charge in [0, 0.05) is 25.6 Å². The highest BCUT2D eigenvalue weighted by atomic mass is 16.3.